The van der Waals surface area contributed by atoms with Crippen molar-refractivity contribution in [2.24, 2.45) is 11.7 Å². The van der Waals surface area contributed by atoms with Gasteiger partial charge in [0, 0.05) is 6.04 Å². The number of nitrogens with one attached hydrogen (secondary N) is 1. The number of primary amides is 1. The first-order valence-corrected chi connectivity index (χ1v) is 5.75. The van der Waals surface area contributed by atoms with Gasteiger partial charge in [0.25, 0.3) is 5.91 Å². The summed E-state index contributed by atoms with van der Waals surface area (Å²) in [5, 5.41) is 12.8. The minimum Gasteiger partial charge on any atom is -0.396 e. The van der Waals surface area contributed by atoms with Crippen LogP contribution in [0.5, 0.6) is 0 Å². The van der Waals surface area contributed by atoms with Crippen LogP contribution in [-0.4, -0.2) is 11.9 Å². The lowest BCUT2D eigenvalue weighted by Crippen LogP contribution is -2.10. The number of carbonyl (C=O) groups is 1. The summed E-state index contributed by atoms with van der Waals surface area (Å²) in [7, 11) is 0. The molecule has 2 rings (SSSR count). The van der Waals surface area contributed by atoms with Crippen molar-refractivity contribution in [2.45, 2.75) is 19.4 Å². The molecule has 6 heteroatoms. The Morgan fingerprint density at radius 2 is 2.31 bits per heavy atom. The van der Waals surface area contributed by atoms with Crippen LogP contribution in [0.25, 0.3) is 0 Å². The van der Waals surface area contributed by atoms with E-state index in [-0.39, 0.29) is 10.6 Å². The van der Waals surface area contributed by atoms with Crippen LogP contribution in [0.4, 0.5) is 10.7 Å². The molecule has 0 spiro atoms. The molecule has 1 aliphatic carbocycles. The third-order valence-electron chi connectivity index (χ3n) is 2.71. The molecule has 1 amide bonds. The van der Waals surface area contributed by atoms with E-state index in [1.54, 1.807) is 0 Å². The quantitative estimate of drug-likeness (QED) is 0.731. The van der Waals surface area contributed by atoms with E-state index in [2.05, 4.69) is 12.2 Å². The van der Waals surface area contributed by atoms with Crippen LogP contribution >= 0.6 is 11.3 Å². The van der Waals surface area contributed by atoms with Crippen LogP contribution in [0.15, 0.2) is 0 Å². The molecule has 1 fully saturated rings. The zero-order valence-corrected chi connectivity index (χ0v) is 9.60. The maximum absolute atomic E-state index is 11.1. The Hall–Kier alpha value is -1.74. The van der Waals surface area contributed by atoms with Crippen LogP contribution in [0.3, 0.4) is 0 Å². The number of hydrogen-bond donors (Lipinski definition) is 3. The molecule has 1 aliphatic rings. The predicted octanol–water partition coefficient (Wildman–Crippen LogP) is 1.12. The molecule has 16 heavy (non-hydrogen) atoms. The summed E-state index contributed by atoms with van der Waals surface area (Å²) in [5.41, 5.74) is 11.4. The normalized spacial score (nSPS) is 22.5. The van der Waals surface area contributed by atoms with Gasteiger partial charge in [-0.15, -0.1) is 11.3 Å². The molecule has 84 valence electrons. The van der Waals surface area contributed by atoms with Gasteiger partial charge in [0.1, 0.15) is 21.5 Å². The maximum Gasteiger partial charge on any atom is 0.261 e. The minimum atomic E-state index is -0.587. The van der Waals surface area contributed by atoms with Crippen LogP contribution < -0.4 is 16.8 Å². The highest BCUT2D eigenvalue weighted by molar-refractivity contribution is 7.18. The molecule has 1 saturated carbocycles. The van der Waals surface area contributed by atoms with Gasteiger partial charge in [-0.3, -0.25) is 4.79 Å². The van der Waals surface area contributed by atoms with Crippen LogP contribution in [0.2, 0.25) is 0 Å². The summed E-state index contributed by atoms with van der Waals surface area (Å²) < 4.78 is 0. The monoisotopic (exact) mass is 236 g/mol. The van der Waals surface area contributed by atoms with E-state index in [1.165, 1.54) is 0 Å². The number of carbonyl (C=O) groups excluding carboxylic acids is 1. The van der Waals surface area contributed by atoms with Gasteiger partial charge >= 0.3 is 0 Å². The van der Waals surface area contributed by atoms with Gasteiger partial charge in [0.05, 0.1) is 5.69 Å². The molecule has 5 nitrogen and oxygen atoms in total. The molecule has 5 N–H and O–H groups in total. The molecule has 1 aromatic rings. The van der Waals surface area contributed by atoms with Gasteiger partial charge in [-0.1, -0.05) is 6.92 Å². The Balaban J connectivity index is 2.33. The van der Waals surface area contributed by atoms with Crippen molar-refractivity contribution >= 4 is 27.9 Å². The number of nitrogens with zero attached hydrogens (tertiary/aromatic N) is 1. The highest BCUT2D eigenvalue weighted by Gasteiger charge is 2.34. The van der Waals surface area contributed by atoms with E-state index in [0.717, 1.165) is 17.8 Å². The lowest BCUT2D eigenvalue weighted by molar-refractivity contribution is 0.100. The van der Waals surface area contributed by atoms with Gasteiger partial charge in [-0.25, -0.2) is 0 Å². The number of nitrogen functional groups attached to an aromatic ring is 1. The molecular formula is C10H12N4OS. The smallest absolute Gasteiger partial charge is 0.261 e. The van der Waals surface area contributed by atoms with Crippen molar-refractivity contribution in [3.8, 4) is 6.07 Å². The van der Waals surface area contributed by atoms with E-state index < -0.39 is 5.91 Å². The average molecular weight is 236 g/mol. The highest BCUT2D eigenvalue weighted by atomic mass is 32.1. The van der Waals surface area contributed by atoms with Crippen LogP contribution in [0, 0.1) is 17.2 Å². The fraction of sp³-hybridized carbons (Fsp3) is 0.400. The number of nitrogens with two attached hydrogens (primary N) is 2. The summed E-state index contributed by atoms with van der Waals surface area (Å²) in [4.78, 5) is 11.3. The number of hydrogen-bond acceptors (Lipinski definition) is 5. The topological polar surface area (TPSA) is 105 Å². The lowest BCUT2D eigenvalue weighted by Gasteiger charge is -2.00. The van der Waals surface area contributed by atoms with Gasteiger partial charge in [-0.2, -0.15) is 5.26 Å². The number of nitriles is 1. The van der Waals surface area contributed by atoms with Gasteiger partial charge in [0.15, 0.2) is 0 Å². The minimum absolute atomic E-state index is 0.191. The number of thiophene rings is 1. The fourth-order valence-electron chi connectivity index (χ4n) is 1.53. The third kappa shape index (κ3) is 1.70. The summed E-state index contributed by atoms with van der Waals surface area (Å²) in [6, 6.07) is 2.38. The predicted molar refractivity (Wildman–Crippen MR) is 63.2 cm³/mol. The van der Waals surface area contributed by atoms with Gasteiger partial charge in [-0.05, 0) is 12.3 Å². The Bertz CT molecular complexity index is 488. The molecule has 2 atom stereocenters. The first-order chi connectivity index (χ1) is 7.54. The number of rotatable bonds is 3. The van der Waals surface area contributed by atoms with Crippen molar-refractivity contribution < 1.29 is 4.79 Å². The second-order valence-corrected chi connectivity index (χ2v) is 5.01. The van der Waals surface area contributed by atoms with Crippen molar-refractivity contribution in [1.82, 2.24) is 0 Å². The molecule has 0 aliphatic heterocycles. The Morgan fingerprint density at radius 3 is 2.75 bits per heavy atom. The largest absolute Gasteiger partial charge is 0.396 e. The second kappa shape index (κ2) is 3.68. The van der Waals surface area contributed by atoms with Crippen LogP contribution in [-0.2, 0) is 0 Å². The second-order valence-electron chi connectivity index (χ2n) is 3.99. The van der Waals surface area contributed by atoms with E-state index in [1.807, 2.05) is 6.07 Å². The summed E-state index contributed by atoms with van der Waals surface area (Å²) >= 11 is 1.16. The first kappa shape index (κ1) is 10.8. The first-order valence-electron chi connectivity index (χ1n) is 4.93. The summed E-state index contributed by atoms with van der Waals surface area (Å²) in [5.74, 6) is 0.0165. The molecule has 0 radical (unpaired) electrons. The molecule has 2 unspecified atom stereocenters. The lowest BCUT2D eigenvalue weighted by atomic mass is 10.2. The standard InChI is InChI=1S/C10H12N4OS/c1-4-2-6(4)14-10-5(3-11)7(12)8(16-10)9(13)15/h4,6,14H,2,12H2,1H3,(H2,13,15). The number of amides is 1. The Labute approximate surface area is 97.0 Å². The van der Waals surface area contributed by atoms with Gasteiger partial charge in [0.2, 0.25) is 0 Å². The maximum atomic E-state index is 11.1. The molecular weight excluding hydrogens is 224 g/mol. The molecule has 0 bridgehead atoms. The van der Waals surface area contributed by atoms with Crippen molar-refractivity contribution in [2.75, 3.05) is 11.1 Å². The Kier molecular flexibility index (Phi) is 2.48. The van der Waals surface area contributed by atoms with E-state index in [4.69, 9.17) is 16.7 Å². The number of anilines is 2. The van der Waals surface area contributed by atoms with Crippen LogP contribution in [0.1, 0.15) is 28.6 Å². The van der Waals surface area contributed by atoms with Gasteiger partial charge < -0.3 is 16.8 Å². The third-order valence-corrected chi connectivity index (χ3v) is 3.86. The molecule has 0 aromatic carbocycles. The van der Waals surface area contributed by atoms with Crippen molar-refractivity contribution in [1.29, 1.82) is 5.26 Å². The van der Waals surface area contributed by atoms with E-state index in [0.29, 0.717) is 22.5 Å². The zero-order valence-electron chi connectivity index (χ0n) is 8.78. The van der Waals surface area contributed by atoms with Crippen molar-refractivity contribution in [3.63, 3.8) is 0 Å². The van der Waals surface area contributed by atoms with Crippen molar-refractivity contribution in [3.05, 3.63) is 10.4 Å². The average Bonchev–Trinajstić information content (AvgIpc) is 2.79. The summed E-state index contributed by atoms with van der Waals surface area (Å²) in [6.07, 6.45) is 1.08. The SMILES string of the molecule is CC1CC1Nc1sc(C(N)=O)c(N)c1C#N. The van der Waals surface area contributed by atoms with E-state index >= 15 is 0 Å². The molecule has 0 saturated heterocycles. The molecule has 1 aromatic heterocycles. The summed E-state index contributed by atoms with van der Waals surface area (Å²) in [6.45, 7) is 2.12. The zero-order chi connectivity index (χ0) is 11.9. The Morgan fingerprint density at radius 1 is 1.69 bits per heavy atom. The molecule has 1 heterocycles. The van der Waals surface area contributed by atoms with E-state index in [9.17, 15) is 4.79 Å². The fourth-order valence-corrected chi connectivity index (χ4v) is 2.52. The highest BCUT2D eigenvalue weighted by Crippen LogP contribution is 2.40.